The van der Waals surface area contributed by atoms with Gasteiger partial charge in [0.05, 0.1) is 11.6 Å². The number of hydrogen-bond acceptors (Lipinski definition) is 4. The normalized spacial score (nSPS) is 11.2. The first kappa shape index (κ1) is 18.7. The van der Waals surface area contributed by atoms with Crippen molar-refractivity contribution in [1.82, 2.24) is 4.98 Å². The van der Waals surface area contributed by atoms with Crippen molar-refractivity contribution in [2.45, 2.75) is 11.8 Å². The number of aromatic nitrogens is 1. The maximum Gasteiger partial charge on any atom is 0.181 e. The number of halogens is 2. The molecule has 2 aromatic carbocycles. The van der Waals surface area contributed by atoms with Crippen LogP contribution in [0.15, 0.2) is 53.7 Å². The molecule has 0 saturated carbocycles. The minimum Gasteiger partial charge on any atom is -0.264 e. The van der Waals surface area contributed by atoms with Crippen LogP contribution in [0, 0.1) is 29.9 Å². The van der Waals surface area contributed by atoms with Gasteiger partial charge in [0.15, 0.2) is 9.84 Å². The van der Waals surface area contributed by atoms with Gasteiger partial charge in [-0.2, -0.15) is 5.26 Å². The standard InChI is InChI=1S/C20H14F2N2O2S/c1-12-7-13(3-4-14(12)10-23)16-5-6-24-11-17(16)15-8-18(21)20(19(22)9-15)27(2,25)26/h3-9,11H,1-2H3. The number of benzene rings is 2. The van der Waals surface area contributed by atoms with E-state index in [0.29, 0.717) is 16.7 Å². The molecule has 0 unspecified atom stereocenters. The highest BCUT2D eigenvalue weighted by Gasteiger charge is 2.22. The number of aryl methyl sites for hydroxylation is 1. The summed E-state index contributed by atoms with van der Waals surface area (Å²) in [5.74, 6) is -2.31. The van der Waals surface area contributed by atoms with E-state index in [9.17, 15) is 17.2 Å². The van der Waals surface area contributed by atoms with Crippen molar-refractivity contribution in [3.8, 4) is 28.3 Å². The van der Waals surface area contributed by atoms with Gasteiger partial charge in [-0.15, -0.1) is 0 Å². The molecular weight excluding hydrogens is 370 g/mol. The summed E-state index contributed by atoms with van der Waals surface area (Å²) in [5.41, 5.74) is 3.31. The molecule has 0 N–H and O–H groups in total. The van der Waals surface area contributed by atoms with Gasteiger partial charge in [0.1, 0.15) is 16.5 Å². The molecule has 0 amide bonds. The average molecular weight is 384 g/mol. The highest BCUT2D eigenvalue weighted by Crippen LogP contribution is 2.34. The fraction of sp³-hybridized carbons (Fsp3) is 0.100. The third-order valence-electron chi connectivity index (χ3n) is 4.16. The second kappa shape index (κ2) is 6.89. The summed E-state index contributed by atoms with van der Waals surface area (Å²) in [5, 5.41) is 9.07. The molecule has 136 valence electrons. The summed E-state index contributed by atoms with van der Waals surface area (Å²) in [6.07, 6.45) is 3.75. The smallest absolute Gasteiger partial charge is 0.181 e. The zero-order valence-electron chi connectivity index (χ0n) is 14.5. The average Bonchev–Trinajstić information content (AvgIpc) is 2.59. The summed E-state index contributed by atoms with van der Waals surface area (Å²) < 4.78 is 51.8. The predicted octanol–water partition coefficient (Wildman–Crippen LogP) is 4.28. The fourth-order valence-electron chi connectivity index (χ4n) is 2.90. The molecule has 0 atom stereocenters. The largest absolute Gasteiger partial charge is 0.264 e. The summed E-state index contributed by atoms with van der Waals surface area (Å²) in [6, 6.07) is 11.0. The molecule has 0 aliphatic carbocycles. The highest BCUT2D eigenvalue weighted by molar-refractivity contribution is 7.90. The number of nitrogens with zero attached hydrogens (tertiary/aromatic N) is 2. The first-order chi connectivity index (χ1) is 12.7. The second-order valence-electron chi connectivity index (χ2n) is 6.10. The van der Waals surface area contributed by atoms with Crippen LogP contribution in [0.25, 0.3) is 22.3 Å². The van der Waals surface area contributed by atoms with E-state index in [2.05, 4.69) is 11.1 Å². The Labute approximate surface area is 155 Å². The van der Waals surface area contributed by atoms with Gasteiger partial charge in [0.2, 0.25) is 0 Å². The topological polar surface area (TPSA) is 70.8 Å². The van der Waals surface area contributed by atoms with Gasteiger partial charge in [-0.1, -0.05) is 12.1 Å². The lowest BCUT2D eigenvalue weighted by molar-refractivity contribution is 0.522. The van der Waals surface area contributed by atoms with Crippen LogP contribution < -0.4 is 0 Å². The second-order valence-corrected chi connectivity index (χ2v) is 8.06. The van der Waals surface area contributed by atoms with Gasteiger partial charge in [-0.3, -0.25) is 4.98 Å². The summed E-state index contributed by atoms with van der Waals surface area (Å²) in [6.45, 7) is 1.79. The Hall–Kier alpha value is -3.11. The van der Waals surface area contributed by atoms with Crippen molar-refractivity contribution in [3.05, 3.63) is 71.6 Å². The lowest BCUT2D eigenvalue weighted by Gasteiger charge is -2.12. The molecule has 1 aromatic heterocycles. The molecule has 1 heterocycles. The summed E-state index contributed by atoms with van der Waals surface area (Å²) in [7, 11) is -4.03. The first-order valence-corrected chi connectivity index (χ1v) is 9.76. The van der Waals surface area contributed by atoms with Crippen LogP contribution >= 0.6 is 0 Å². The van der Waals surface area contributed by atoms with E-state index in [4.69, 9.17) is 5.26 Å². The van der Waals surface area contributed by atoms with E-state index in [1.165, 1.54) is 6.20 Å². The first-order valence-electron chi connectivity index (χ1n) is 7.87. The van der Waals surface area contributed by atoms with Crippen molar-refractivity contribution in [2.75, 3.05) is 6.26 Å². The molecule has 0 aliphatic rings. The maximum atomic E-state index is 14.3. The zero-order chi connectivity index (χ0) is 19.8. The van der Waals surface area contributed by atoms with E-state index in [0.717, 1.165) is 29.5 Å². The molecule has 0 saturated heterocycles. The van der Waals surface area contributed by atoms with Gasteiger partial charge in [0.25, 0.3) is 0 Å². The molecule has 3 rings (SSSR count). The van der Waals surface area contributed by atoms with Crippen LogP contribution in [-0.2, 0) is 9.84 Å². The van der Waals surface area contributed by atoms with E-state index in [1.807, 2.05) is 0 Å². The molecule has 27 heavy (non-hydrogen) atoms. The SMILES string of the molecule is Cc1cc(-c2ccncc2-c2cc(F)c(S(C)(=O)=O)c(F)c2)ccc1C#N. The number of hydrogen-bond donors (Lipinski definition) is 0. The van der Waals surface area contributed by atoms with E-state index in [1.54, 1.807) is 37.4 Å². The van der Waals surface area contributed by atoms with E-state index < -0.39 is 26.4 Å². The van der Waals surface area contributed by atoms with Gasteiger partial charge in [-0.05, 0) is 53.4 Å². The molecule has 0 aliphatic heterocycles. The Morgan fingerprint density at radius 1 is 1.00 bits per heavy atom. The lowest BCUT2D eigenvalue weighted by Crippen LogP contribution is -2.05. The van der Waals surface area contributed by atoms with Crippen molar-refractivity contribution >= 4 is 9.84 Å². The molecule has 0 bridgehead atoms. The molecule has 7 heteroatoms. The third-order valence-corrected chi connectivity index (χ3v) is 5.29. The van der Waals surface area contributed by atoms with Crippen LogP contribution in [0.3, 0.4) is 0 Å². The lowest BCUT2D eigenvalue weighted by atomic mass is 9.94. The third kappa shape index (κ3) is 3.57. The van der Waals surface area contributed by atoms with Gasteiger partial charge in [-0.25, -0.2) is 17.2 Å². The monoisotopic (exact) mass is 384 g/mol. The number of nitriles is 1. The Morgan fingerprint density at radius 2 is 1.67 bits per heavy atom. The molecule has 0 spiro atoms. The summed E-state index contributed by atoms with van der Waals surface area (Å²) >= 11 is 0. The van der Waals surface area contributed by atoms with Crippen LogP contribution in [0.4, 0.5) is 8.78 Å². The Kier molecular flexibility index (Phi) is 4.77. The molecule has 4 nitrogen and oxygen atoms in total. The van der Waals surface area contributed by atoms with Gasteiger partial charge in [0, 0.05) is 24.2 Å². The van der Waals surface area contributed by atoms with Crippen molar-refractivity contribution in [2.24, 2.45) is 0 Å². The minimum atomic E-state index is -4.03. The Bertz CT molecular complexity index is 1180. The van der Waals surface area contributed by atoms with E-state index in [-0.39, 0.29) is 5.56 Å². The maximum absolute atomic E-state index is 14.3. The molecule has 0 fully saturated rings. The van der Waals surface area contributed by atoms with Crippen molar-refractivity contribution in [3.63, 3.8) is 0 Å². The predicted molar refractivity (Wildman–Crippen MR) is 97.6 cm³/mol. The van der Waals surface area contributed by atoms with Crippen LogP contribution in [0.5, 0.6) is 0 Å². The van der Waals surface area contributed by atoms with Crippen molar-refractivity contribution in [1.29, 1.82) is 5.26 Å². The Morgan fingerprint density at radius 3 is 2.22 bits per heavy atom. The number of pyridine rings is 1. The molecule has 3 aromatic rings. The van der Waals surface area contributed by atoms with Crippen LogP contribution in [-0.4, -0.2) is 19.7 Å². The van der Waals surface area contributed by atoms with Crippen LogP contribution in [0.1, 0.15) is 11.1 Å². The molecular formula is C20H14F2N2O2S. The highest BCUT2D eigenvalue weighted by atomic mass is 32.2. The van der Waals surface area contributed by atoms with Crippen molar-refractivity contribution < 1.29 is 17.2 Å². The number of rotatable bonds is 3. The van der Waals surface area contributed by atoms with Crippen LogP contribution in [0.2, 0.25) is 0 Å². The van der Waals surface area contributed by atoms with Gasteiger partial charge >= 0.3 is 0 Å². The Balaban J connectivity index is 2.21. The quantitative estimate of drug-likeness (QED) is 0.676. The molecule has 0 radical (unpaired) electrons. The minimum absolute atomic E-state index is 0.169. The fourth-order valence-corrected chi connectivity index (χ4v) is 3.73. The van der Waals surface area contributed by atoms with Gasteiger partial charge < -0.3 is 0 Å². The van der Waals surface area contributed by atoms with E-state index >= 15 is 0 Å². The zero-order valence-corrected chi connectivity index (χ0v) is 15.3. The number of sulfone groups is 1. The summed E-state index contributed by atoms with van der Waals surface area (Å²) in [4.78, 5) is 3.07.